The van der Waals surface area contributed by atoms with Gasteiger partial charge in [-0.05, 0) is 60.9 Å². The molecular formula is C29H32F3N7O3S. The first-order valence-electron chi connectivity index (χ1n) is 13.4. The molecule has 10 nitrogen and oxygen atoms in total. The van der Waals surface area contributed by atoms with Gasteiger partial charge in [0.2, 0.25) is 10.0 Å². The summed E-state index contributed by atoms with van der Waals surface area (Å²) in [5.41, 5.74) is -0.387. The molecule has 43 heavy (non-hydrogen) atoms. The van der Waals surface area contributed by atoms with Crippen molar-refractivity contribution in [2.45, 2.75) is 42.4 Å². The highest BCUT2D eigenvalue weighted by atomic mass is 32.2. The topological polar surface area (TPSA) is 145 Å². The normalized spacial score (nSPS) is 15.6. The summed E-state index contributed by atoms with van der Waals surface area (Å²) in [5.74, 6) is -0.223. The molecule has 1 aromatic heterocycles. The SMILES string of the molecule is CN(C)S(=O)(=O)c1ccc(NC(=N)c2c(NC3(CC#N)CCN(Cc4ccc(C(F)(F)F)cc4)CC3)cc[nH]c2=O)cc1. The van der Waals surface area contributed by atoms with Crippen LogP contribution in [-0.4, -0.2) is 61.2 Å². The van der Waals surface area contributed by atoms with Gasteiger partial charge in [0.05, 0.1) is 34.2 Å². The van der Waals surface area contributed by atoms with Crippen LogP contribution in [0.3, 0.4) is 0 Å². The minimum atomic E-state index is -4.39. The number of aromatic nitrogens is 1. The van der Waals surface area contributed by atoms with E-state index in [0.717, 1.165) is 22.0 Å². The van der Waals surface area contributed by atoms with Crippen molar-refractivity contribution >= 4 is 27.2 Å². The van der Waals surface area contributed by atoms with Gasteiger partial charge in [-0.15, -0.1) is 0 Å². The molecule has 0 spiro atoms. The van der Waals surface area contributed by atoms with Gasteiger partial charge < -0.3 is 15.6 Å². The van der Waals surface area contributed by atoms with Crippen molar-refractivity contribution in [1.29, 1.82) is 10.7 Å². The van der Waals surface area contributed by atoms with Crippen LogP contribution >= 0.6 is 0 Å². The minimum Gasteiger partial charge on any atom is -0.378 e. The lowest BCUT2D eigenvalue weighted by Crippen LogP contribution is -2.49. The molecule has 0 amide bonds. The first-order chi connectivity index (χ1) is 20.2. The summed E-state index contributed by atoms with van der Waals surface area (Å²) < 4.78 is 64.5. The van der Waals surface area contributed by atoms with Crippen LogP contribution in [0.1, 0.15) is 36.0 Å². The molecule has 2 aromatic carbocycles. The molecule has 0 aliphatic carbocycles. The fourth-order valence-corrected chi connectivity index (χ4v) is 5.84. The maximum atomic E-state index is 12.9. The summed E-state index contributed by atoms with van der Waals surface area (Å²) in [6, 6.07) is 14.7. The summed E-state index contributed by atoms with van der Waals surface area (Å²) in [5, 5.41) is 24.5. The summed E-state index contributed by atoms with van der Waals surface area (Å²) >= 11 is 0. The Morgan fingerprint density at radius 1 is 1.09 bits per heavy atom. The second-order valence-electron chi connectivity index (χ2n) is 10.6. The second-order valence-corrected chi connectivity index (χ2v) is 12.8. The molecule has 3 aromatic rings. The van der Waals surface area contributed by atoms with E-state index in [9.17, 15) is 31.6 Å². The number of benzene rings is 2. The lowest BCUT2D eigenvalue weighted by molar-refractivity contribution is -0.137. The molecule has 0 bridgehead atoms. The van der Waals surface area contributed by atoms with E-state index < -0.39 is 32.9 Å². The predicted octanol–water partition coefficient (Wildman–Crippen LogP) is 4.44. The smallest absolute Gasteiger partial charge is 0.378 e. The standard InChI is InChI=1S/C29H32F3N7O3S/c1-38(2)43(41,42)23-9-7-22(8-10-23)36-26(34)25-24(11-16-35-27(25)40)37-28(12-15-33)13-17-39(18-14-28)19-20-3-5-21(6-4-20)29(30,31)32/h3-11,16H,12-14,17-19H2,1-2H3,(H2,34,36)(H2,35,37,40). The highest BCUT2D eigenvalue weighted by Gasteiger charge is 2.36. The number of hydrogen-bond donors (Lipinski definition) is 4. The third kappa shape index (κ3) is 7.42. The summed E-state index contributed by atoms with van der Waals surface area (Å²) in [6.45, 7) is 1.58. The first-order valence-corrected chi connectivity index (χ1v) is 14.8. The van der Waals surface area contributed by atoms with E-state index in [4.69, 9.17) is 5.41 Å². The number of alkyl halides is 3. The maximum Gasteiger partial charge on any atom is 0.416 e. The Balaban J connectivity index is 1.47. The zero-order valence-electron chi connectivity index (χ0n) is 23.6. The largest absolute Gasteiger partial charge is 0.416 e. The van der Waals surface area contributed by atoms with Crippen molar-refractivity contribution < 1.29 is 21.6 Å². The first kappa shape index (κ1) is 31.7. The molecule has 0 unspecified atom stereocenters. The summed E-state index contributed by atoms with van der Waals surface area (Å²) in [7, 11) is -0.777. The molecule has 0 atom stereocenters. The van der Waals surface area contributed by atoms with Crippen LogP contribution in [0.25, 0.3) is 0 Å². The highest BCUT2D eigenvalue weighted by Crippen LogP contribution is 2.33. The Labute approximate surface area is 247 Å². The van der Waals surface area contributed by atoms with Crippen LogP contribution < -0.4 is 16.2 Å². The number of likely N-dealkylation sites (tertiary alicyclic amines) is 1. The van der Waals surface area contributed by atoms with Crippen molar-refractivity contribution in [3.63, 3.8) is 0 Å². The van der Waals surface area contributed by atoms with E-state index in [1.807, 2.05) is 0 Å². The lowest BCUT2D eigenvalue weighted by Gasteiger charge is -2.42. The Hall–Kier alpha value is -4.19. The Kier molecular flexibility index (Phi) is 9.29. The average molecular weight is 616 g/mol. The summed E-state index contributed by atoms with van der Waals surface area (Å²) in [4.78, 5) is 17.6. The van der Waals surface area contributed by atoms with Crippen LogP contribution in [0.4, 0.5) is 24.5 Å². The number of nitrogens with zero attached hydrogens (tertiary/aromatic N) is 3. The maximum absolute atomic E-state index is 12.9. The number of H-pyrrole nitrogens is 1. The molecule has 228 valence electrons. The van der Waals surface area contributed by atoms with Crippen molar-refractivity contribution in [2.24, 2.45) is 0 Å². The second kappa shape index (κ2) is 12.6. The van der Waals surface area contributed by atoms with E-state index >= 15 is 0 Å². The van der Waals surface area contributed by atoms with Gasteiger partial charge in [-0.25, -0.2) is 12.7 Å². The number of rotatable bonds is 9. The molecule has 1 fully saturated rings. The summed E-state index contributed by atoms with van der Waals surface area (Å²) in [6.07, 6.45) is -1.76. The third-order valence-corrected chi connectivity index (χ3v) is 9.26. The molecule has 1 aliphatic heterocycles. The Morgan fingerprint density at radius 3 is 2.28 bits per heavy atom. The molecule has 14 heteroatoms. The van der Waals surface area contributed by atoms with Gasteiger partial charge >= 0.3 is 6.18 Å². The van der Waals surface area contributed by atoms with E-state index in [1.165, 1.54) is 56.7 Å². The van der Waals surface area contributed by atoms with E-state index in [0.29, 0.717) is 43.9 Å². The van der Waals surface area contributed by atoms with Crippen molar-refractivity contribution in [3.8, 4) is 6.07 Å². The number of hydrogen-bond acceptors (Lipinski definition) is 7. The predicted molar refractivity (Wildman–Crippen MR) is 157 cm³/mol. The number of nitrogens with one attached hydrogen (secondary N) is 4. The van der Waals surface area contributed by atoms with Gasteiger partial charge in [-0.2, -0.15) is 18.4 Å². The van der Waals surface area contributed by atoms with Crippen molar-refractivity contribution in [1.82, 2.24) is 14.2 Å². The highest BCUT2D eigenvalue weighted by molar-refractivity contribution is 7.89. The minimum absolute atomic E-state index is 0.0250. The monoisotopic (exact) mass is 615 g/mol. The number of amidine groups is 1. The van der Waals surface area contributed by atoms with Gasteiger partial charge in [0, 0.05) is 45.6 Å². The van der Waals surface area contributed by atoms with Crippen LogP contribution in [0.2, 0.25) is 0 Å². The van der Waals surface area contributed by atoms with Gasteiger partial charge in [-0.1, -0.05) is 12.1 Å². The zero-order chi connectivity index (χ0) is 31.4. The third-order valence-electron chi connectivity index (χ3n) is 7.43. The van der Waals surface area contributed by atoms with Crippen LogP contribution in [0, 0.1) is 16.7 Å². The van der Waals surface area contributed by atoms with Crippen LogP contribution in [0.5, 0.6) is 0 Å². The van der Waals surface area contributed by atoms with E-state index in [-0.39, 0.29) is 22.7 Å². The number of piperidine rings is 1. The van der Waals surface area contributed by atoms with E-state index in [2.05, 4.69) is 26.6 Å². The van der Waals surface area contributed by atoms with Gasteiger partial charge in [-0.3, -0.25) is 15.1 Å². The molecule has 4 N–H and O–H groups in total. The fraction of sp³-hybridized carbons (Fsp3) is 0.345. The molecule has 4 rings (SSSR count). The number of pyridine rings is 1. The number of anilines is 2. The molecule has 2 heterocycles. The number of sulfonamides is 1. The van der Waals surface area contributed by atoms with Gasteiger partial charge in [0.15, 0.2) is 0 Å². The van der Waals surface area contributed by atoms with Crippen LogP contribution in [0.15, 0.2) is 70.5 Å². The molecule has 1 aliphatic rings. The number of halogens is 3. The van der Waals surface area contributed by atoms with E-state index in [1.54, 1.807) is 6.07 Å². The Bertz CT molecular complexity index is 1660. The zero-order valence-corrected chi connectivity index (χ0v) is 24.4. The van der Waals surface area contributed by atoms with Gasteiger partial charge in [0.25, 0.3) is 5.56 Å². The average Bonchev–Trinajstić information content (AvgIpc) is 2.94. The van der Waals surface area contributed by atoms with Gasteiger partial charge in [0.1, 0.15) is 11.4 Å². The molecule has 0 radical (unpaired) electrons. The number of aromatic amines is 1. The number of nitriles is 1. The lowest BCUT2D eigenvalue weighted by atomic mass is 9.84. The van der Waals surface area contributed by atoms with Crippen LogP contribution in [-0.2, 0) is 22.7 Å². The molecular weight excluding hydrogens is 583 g/mol. The molecule has 1 saturated heterocycles. The molecule has 0 saturated carbocycles. The van der Waals surface area contributed by atoms with Crippen molar-refractivity contribution in [2.75, 3.05) is 37.8 Å². The fourth-order valence-electron chi connectivity index (χ4n) is 4.94. The van der Waals surface area contributed by atoms with Crippen molar-refractivity contribution in [3.05, 3.63) is 87.8 Å². The Morgan fingerprint density at radius 2 is 1.72 bits per heavy atom. The quantitative estimate of drug-likeness (QED) is 0.206.